The largest absolute Gasteiger partial charge is 0.352 e. The normalized spacial score (nSPS) is 12.9. The van der Waals surface area contributed by atoms with Crippen molar-refractivity contribution >= 4 is 55.1 Å². The molecule has 0 aliphatic carbocycles. The smallest absolute Gasteiger partial charge is 0.264 e. The quantitative estimate of drug-likeness (QED) is 0.267. The number of hydrogen-bond donors (Lipinski definition) is 1. The highest BCUT2D eigenvalue weighted by Gasteiger charge is 2.33. The molecule has 214 valence electrons. The molecule has 40 heavy (non-hydrogen) atoms. The Morgan fingerprint density at radius 3 is 2.17 bits per heavy atom. The summed E-state index contributed by atoms with van der Waals surface area (Å²) in [4.78, 5) is 28.6. The summed E-state index contributed by atoms with van der Waals surface area (Å²) in [6, 6.07) is 17.8. The molecule has 0 aliphatic rings. The van der Waals surface area contributed by atoms with Crippen molar-refractivity contribution in [1.29, 1.82) is 0 Å². The minimum atomic E-state index is -4.15. The standard InChI is InChI=1S/C30H35BrClN3O4S/c1-6-22(4)33-30(37)23(5)34(18-24-9-11-25(31)12-10-24)29(36)19-35(28-16-13-26(32)17-21(28)3)40(38,39)27-14-7-20(2)8-15-27/h7-17,22-23H,6,18-19H2,1-5H3,(H,33,37). The van der Waals surface area contributed by atoms with Crippen molar-refractivity contribution in [2.45, 2.75) is 64.6 Å². The molecule has 7 nitrogen and oxygen atoms in total. The number of anilines is 1. The van der Waals surface area contributed by atoms with Crippen LogP contribution in [0.5, 0.6) is 0 Å². The topological polar surface area (TPSA) is 86.8 Å². The van der Waals surface area contributed by atoms with Gasteiger partial charge in [-0.3, -0.25) is 13.9 Å². The van der Waals surface area contributed by atoms with Crippen LogP contribution in [0.25, 0.3) is 0 Å². The van der Waals surface area contributed by atoms with E-state index in [1.165, 1.54) is 17.0 Å². The number of nitrogens with one attached hydrogen (secondary N) is 1. The van der Waals surface area contributed by atoms with Gasteiger partial charge in [-0.15, -0.1) is 0 Å². The fourth-order valence-electron chi connectivity index (χ4n) is 4.08. The van der Waals surface area contributed by atoms with Gasteiger partial charge in [0.15, 0.2) is 0 Å². The first-order valence-electron chi connectivity index (χ1n) is 13.0. The highest BCUT2D eigenvalue weighted by molar-refractivity contribution is 9.10. The lowest BCUT2D eigenvalue weighted by molar-refractivity contribution is -0.139. The van der Waals surface area contributed by atoms with Gasteiger partial charge in [-0.1, -0.05) is 64.3 Å². The van der Waals surface area contributed by atoms with E-state index in [0.717, 1.165) is 26.3 Å². The third-order valence-electron chi connectivity index (χ3n) is 6.75. The van der Waals surface area contributed by atoms with Crippen molar-refractivity contribution < 1.29 is 18.0 Å². The Kier molecular flexibility index (Phi) is 10.8. The van der Waals surface area contributed by atoms with E-state index in [1.807, 2.05) is 45.0 Å². The minimum absolute atomic E-state index is 0.0577. The third-order valence-corrected chi connectivity index (χ3v) is 9.29. The molecule has 3 aromatic rings. The van der Waals surface area contributed by atoms with E-state index < -0.39 is 28.5 Å². The van der Waals surface area contributed by atoms with Crippen LogP contribution in [0, 0.1) is 13.8 Å². The summed E-state index contributed by atoms with van der Waals surface area (Å²) in [5.41, 5.74) is 2.64. The number of amides is 2. The number of halogens is 2. The van der Waals surface area contributed by atoms with Crippen LogP contribution in [0.2, 0.25) is 5.02 Å². The summed E-state index contributed by atoms with van der Waals surface area (Å²) < 4.78 is 29.9. The molecule has 0 fully saturated rings. The summed E-state index contributed by atoms with van der Waals surface area (Å²) in [6.07, 6.45) is 0.734. The summed E-state index contributed by atoms with van der Waals surface area (Å²) >= 11 is 9.59. The van der Waals surface area contributed by atoms with E-state index in [1.54, 1.807) is 44.2 Å². The molecule has 3 aromatic carbocycles. The van der Waals surface area contributed by atoms with E-state index in [2.05, 4.69) is 21.2 Å². The molecule has 0 aliphatic heterocycles. The number of carbonyl (C=O) groups excluding carboxylic acids is 2. The monoisotopic (exact) mass is 647 g/mol. The van der Waals surface area contributed by atoms with Gasteiger partial charge in [0.25, 0.3) is 10.0 Å². The van der Waals surface area contributed by atoms with Gasteiger partial charge in [-0.25, -0.2) is 8.42 Å². The number of rotatable bonds is 11. The van der Waals surface area contributed by atoms with Crippen molar-refractivity contribution in [3.05, 3.63) is 92.9 Å². The zero-order valence-corrected chi connectivity index (χ0v) is 26.5. The van der Waals surface area contributed by atoms with Crippen LogP contribution in [-0.2, 0) is 26.2 Å². The third kappa shape index (κ3) is 7.86. The lowest BCUT2D eigenvalue weighted by Gasteiger charge is -2.33. The van der Waals surface area contributed by atoms with E-state index in [0.29, 0.717) is 16.3 Å². The molecule has 0 heterocycles. The number of hydrogen-bond acceptors (Lipinski definition) is 4. The van der Waals surface area contributed by atoms with Gasteiger partial charge in [0.2, 0.25) is 11.8 Å². The summed E-state index contributed by atoms with van der Waals surface area (Å²) in [7, 11) is -4.15. The first-order chi connectivity index (χ1) is 18.8. The lowest BCUT2D eigenvalue weighted by atomic mass is 10.1. The van der Waals surface area contributed by atoms with Gasteiger partial charge in [-0.05, 0) is 87.7 Å². The molecule has 0 saturated carbocycles. The first kappa shape index (κ1) is 31.6. The Morgan fingerprint density at radius 1 is 0.975 bits per heavy atom. The highest BCUT2D eigenvalue weighted by Crippen LogP contribution is 2.29. The average molecular weight is 649 g/mol. The Balaban J connectivity index is 2.05. The van der Waals surface area contributed by atoms with Crippen molar-refractivity contribution in [2.24, 2.45) is 0 Å². The fraction of sp³-hybridized carbons (Fsp3) is 0.333. The Morgan fingerprint density at radius 2 is 1.60 bits per heavy atom. The maximum Gasteiger partial charge on any atom is 0.264 e. The van der Waals surface area contributed by atoms with Crippen molar-refractivity contribution in [3.8, 4) is 0 Å². The van der Waals surface area contributed by atoms with Gasteiger partial charge in [0.05, 0.1) is 10.6 Å². The van der Waals surface area contributed by atoms with Crippen LogP contribution < -0.4 is 9.62 Å². The molecule has 0 aromatic heterocycles. The molecule has 1 N–H and O–H groups in total. The zero-order valence-electron chi connectivity index (χ0n) is 23.3. The predicted molar refractivity (Wildman–Crippen MR) is 164 cm³/mol. The second-order valence-electron chi connectivity index (χ2n) is 9.90. The highest BCUT2D eigenvalue weighted by atomic mass is 79.9. The van der Waals surface area contributed by atoms with E-state index in [-0.39, 0.29) is 23.4 Å². The summed E-state index contributed by atoms with van der Waals surface area (Å²) in [6.45, 7) is 8.74. The number of nitrogens with zero attached hydrogens (tertiary/aromatic N) is 2. The Hall–Kier alpha value is -2.88. The summed E-state index contributed by atoms with van der Waals surface area (Å²) in [5.74, 6) is -0.824. The Bertz CT molecular complexity index is 1450. The summed E-state index contributed by atoms with van der Waals surface area (Å²) in [5, 5.41) is 3.39. The first-order valence-corrected chi connectivity index (χ1v) is 15.6. The van der Waals surface area contributed by atoms with Gasteiger partial charge in [0.1, 0.15) is 12.6 Å². The predicted octanol–water partition coefficient (Wildman–Crippen LogP) is 6.25. The van der Waals surface area contributed by atoms with Gasteiger partial charge >= 0.3 is 0 Å². The molecule has 2 atom stereocenters. The van der Waals surface area contributed by atoms with E-state index >= 15 is 0 Å². The maximum atomic E-state index is 14.0. The SMILES string of the molecule is CCC(C)NC(=O)C(C)N(Cc1ccc(Br)cc1)C(=O)CN(c1ccc(Cl)cc1C)S(=O)(=O)c1ccc(C)cc1. The number of aryl methyl sites for hydroxylation is 2. The molecule has 2 amide bonds. The van der Waals surface area contributed by atoms with Crippen molar-refractivity contribution in [3.63, 3.8) is 0 Å². The van der Waals surface area contributed by atoms with Crippen LogP contribution in [0.3, 0.4) is 0 Å². The zero-order chi connectivity index (χ0) is 29.6. The van der Waals surface area contributed by atoms with Crippen LogP contribution in [-0.4, -0.2) is 43.8 Å². The van der Waals surface area contributed by atoms with Gasteiger partial charge < -0.3 is 10.2 Å². The van der Waals surface area contributed by atoms with Crippen LogP contribution in [0.1, 0.15) is 43.9 Å². The maximum absolute atomic E-state index is 14.0. The number of sulfonamides is 1. The van der Waals surface area contributed by atoms with Gasteiger partial charge in [0, 0.05) is 22.1 Å². The molecular formula is C30H35BrClN3O4S. The number of carbonyl (C=O) groups is 2. The molecule has 0 radical (unpaired) electrons. The molecule has 0 bridgehead atoms. The molecule has 0 spiro atoms. The van der Waals surface area contributed by atoms with Crippen LogP contribution in [0.4, 0.5) is 5.69 Å². The van der Waals surface area contributed by atoms with Crippen molar-refractivity contribution in [2.75, 3.05) is 10.8 Å². The van der Waals surface area contributed by atoms with Gasteiger partial charge in [-0.2, -0.15) is 0 Å². The van der Waals surface area contributed by atoms with Crippen molar-refractivity contribution in [1.82, 2.24) is 10.2 Å². The average Bonchev–Trinajstić information content (AvgIpc) is 2.91. The van der Waals surface area contributed by atoms with Crippen LogP contribution >= 0.6 is 27.5 Å². The minimum Gasteiger partial charge on any atom is -0.352 e. The molecular weight excluding hydrogens is 614 g/mol. The second-order valence-corrected chi connectivity index (χ2v) is 13.1. The molecule has 10 heteroatoms. The van der Waals surface area contributed by atoms with E-state index in [4.69, 9.17) is 11.6 Å². The molecule has 3 rings (SSSR count). The van der Waals surface area contributed by atoms with Crippen LogP contribution in [0.15, 0.2) is 76.1 Å². The molecule has 0 saturated heterocycles. The molecule has 2 unspecified atom stereocenters. The fourth-order valence-corrected chi connectivity index (χ4v) is 6.05. The van der Waals surface area contributed by atoms with E-state index in [9.17, 15) is 18.0 Å². The lowest BCUT2D eigenvalue weighted by Crippen LogP contribution is -2.52. The Labute approximate surface area is 250 Å². The number of benzene rings is 3. The second kappa shape index (κ2) is 13.7.